The van der Waals surface area contributed by atoms with E-state index in [1.165, 1.54) is 0 Å². The molecule has 2 N–H and O–H groups in total. The molecular weight excluding hydrogens is 374 g/mol. The second-order valence-electron chi connectivity index (χ2n) is 7.71. The molecule has 28 heavy (non-hydrogen) atoms. The summed E-state index contributed by atoms with van der Waals surface area (Å²) in [6, 6.07) is 14.6. The number of Topliss-reactive ketones (excluding diaryl/α,β-unsaturated/α-hetero) is 1. The Labute approximate surface area is 171 Å². The largest absolute Gasteiger partial charge is 0.392 e. The highest BCUT2D eigenvalue weighted by atomic mass is 35.5. The summed E-state index contributed by atoms with van der Waals surface area (Å²) in [7, 11) is 0. The molecule has 1 saturated heterocycles. The van der Waals surface area contributed by atoms with E-state index >= 15 is 0 Å². The monoisotopic (exact) mass is 401 g/mol. The van der Waals surface area contributed by atoms with Crippen molar-refractivity contribution in [3.8, 4) is 0 Å². The minimum atomic E-state index is -0.742. The topological polar surface area (TPSA) is 60.8 Å². The summed E-state index contributed by atoms with van der Waals surface area (Å²) in [5.74, 6) is 0.107. The Morgan fingerprint density at radius 2 is 1.64 bits per heavy atom. The number of benzene rings is 2. The molecule has 150 valence electrons. The van der Waals surface area contributed by atoms with Crippen LogP contribution in [0.3, 0.4) is 0 Å². The average Bonchev–Trinajstić information content (AvgIpc) is 2.72. The highest BCUT2D eigenvalue weighted by Gasteiger charge is 2.36. The quantitative estimate of drug-likeness (QED) is 0.691. The van der Waals surface area contributed by atoms with Gasteiger partial charge in [-0.1, -0.05) is 54.9 Å². The lowest BCUT2D eigenvalue weighted by atomic mass is 9.84. The van der Waals surface area contributed by atoms with E-state index < -0.39 is 5.60 Å². The van der Waals surface area contributed by atoms with Crippen molar-refractivity contribution < 1.29 is 15.0 Å². The second kappa shape index (κ2) is 9.19. The number of carbonyl (C=O) groups is 1. The second-order valence-corrected chi connectivity index (χ2v) is 8.14. The van der Waals surface area contributed by atoms with Crippen LogP contribution in [0.2, 0.25) is 5.02 Å². The SMILES string of the molecule is CCC(C(=O)c1ccc(CO)cc1)N1CCC(O)(Cc2ccc(Cl)cc2)CC1. The number of rotatable bonds is 7. The Balaban J connectivity index is 1.62. The van der Waals surface area contributed by atoms with Gasteiger partial charge >= 0.3 is 0 Å². The first-order valence-electron chi connectivity index (χ1n) is 9.89. The molecule has 2 aromatic carbocycles. The van der Waals surface area contributed by atoms with Gasteiger partial charge in [-0.05, 0) is 42.5 Å². The molecule has 1 aliphatic heterocycles. The number of nitrogens with zero attached hydrogens (tertiary/aromatic N) is 1. The fourth-order valence-corrected chi connectivity index (χ4v) is 4.11. The molecule has 2 aromatic rings. The van der Waals surface area contributed by atoms with E-state index in [1.807, 2.05) is 31.2 Å². The predicted octanol–water partition coefficient (Wildman–Crippen LogP) is 3.86. The zero-order valence-corrected chi connectivity index (χ0v) is 17.0. The summed E-state index contributed by atoms with van der Waals surface area (Å²) in [6.45, 7) is 3.40. The molecule has 0 aromatic heterocycles. The zero-order valence-electron chi connectivity index (χ0n) is 16.3. The lowest BCUT2D eigenvalue weighted by molar-refractivity contribution is -0.0285. The third-order valence-electron chi connectivity index (χ3n) is 5.73. The van der Waals surface area contributed by atoms with Crippen molar-refractivity contribution in [1.82, 2.24) is 4.90 Å². The van der Waals surface area contributed by atoms with Crippen LogP contribution >= 0.6 is 11.6 Å². The molecule has 5 heteroatoms. The number of likely N-dealkylation sites (tertiary alicyclic amines) is 1. The first-order valence-corrected chi connectivity index (χ1v) is 10.3. The molecule has 3 rings (SSSR count). The van der Waals surface area contributed by atoms with Crippen molar-refractivity contribution >= 4 is 17.4 Å². The van der Waals surface area contributed by atoms with Gasteiger partial charge in [0, 0.05) is 30.1 Å². The van der Waals surface area contributed by atoms with Crippen LogP contribution in [0.25, 0.3) is 0 Å². The van der Waals surface area contributed by atoms with Crippen LogP contribution in [0, 0.1) is 0 Å². The van der Waals surface area contributed by atoms with E-state index in [1.54, 1.807) is 24.3 Å². The molecule has 0 amide bonds. The fourth-order valence-electron chi connectivity index (χ4n) is 3.99. The smallest absolute Gasteiger partial charge is 0.179 e. The van der Waals surface area contributed by atoms with Crippen LogP contribution in [0.15, 0.2) is 48.5 Å². The molecule has 0 spiro atoms. The Morgan fingerprint density at radius 3 is 2.18 bits per heavy atom. The lowest BCUT2D eigenvalue weighted by Gasteiger charge is -2.41. The van der Waals surface area contributed by atoms with Gasteiger partial charge in [-0.3, -0.25) is 9.69 Å². The van der Waals surface area contributed by atoms with Crippen molar-refractivity contribution in [2.24, 2.45) is 0 Å². The number of piperidine rings is 1. The lowest BCUT2D eigenvalue weighted by Crippen LogP contribution is -2.51. The summed E-state index contributed by atoms with van der Waals surface area (Å²) in [4.78, 5) is 15.2. The summed E-state index contributed by atoms with van der Waals surface area (Å²) in [5, 5.41) is 20.9. The molecule has 1 atom stereocenters. The number of halogens is 1. The van der Waals surface area contributed by atoms with Crippen LogP contribution in [0.1, 0.15) is 47.7 Å². The molecule has 0 radical (unpaired) electrons. The summed E-state index contributed by atoms with van der Waals surface area (Å²) < 4.78 is 0. The van der Waals surface area contributed by atoms with Gasteiger partial charge < -0.3 is 10.2 Å². The van der Waals surface area contributed by atoms with Crippen molar-refractivity contribution in [3.63, 3.8) is 0 Å². The Kier molecular flexibility index (Phi) is 6.89. The van der Waals surface area contributed by atoms with Crippen LogP contribution in [-0.4, -0.2) is 45.6 Å². The molecule has 0 aliphatic carbocycles. The Hall–Kier alpha value is -1.72. The van der Waals surface area contributed by atoms with Crippen molar-refractivity contribution in [2.75, 3.05) is 13.1 Å². The molecule has 4 nitrogen and oxygen atoms in total. The maximum absolute atomic E-state index is 13.0. The van der Waals surface area contributed by atoms with Gasteiger partial charge in [0.05, 0.1) is 18.2 Å². The number of hydrogen-bond donors (Lipinski definition) is 2. The van der Waals surface area contributed by atoms with Crippen molar-refractivity contribution in [1.29, 1.82) is 0 Å². The van der Waals surface area contributed by atoms with Crippen LogP contribution in [0.4, 0.5) is 0 Å². The van der Waals surface area contributed by atoms with E-state index in [9.17, 15) is 15.0 Å². The molecule has 1 unspecified atom stereocenters. The van der Waals surface area contributed by atoms with Gasteiger partial charge in [-0.25, -0.2) is 0 Å². The van der Waals surface area contributed by atoms with Crippen LogP contribution < -0.4 is 0 Å². The molecule has 1 aliphatic rings. The van der Waals surface area contributed by atoms with Crippen LogP contribution in [-0.2, 0) is 13.0 Å². The third kappa shape index (κ3) is 5.00. The molecule has 1 heterocycles. The van der Waals surface area contributed by atoms with Gasteiger partial charge in [0.25, 0.3) is 0 Å². The van der Waals surface area contributed by atoms with E-state index in [4.69, 9.17) is 11.6 Å². The molecule has 0 saturated carbocycles. The number of aliphatic hydroxyl groups is 2. The standard InChI is InChI=1S/C23H28ClNO3/c1-2-21(22(27)19-7-3-18(16-26)4-8-19)25-13-11-23(28,12-14-25)15-17-5-9-20(24)10-6-17/h3-10,21,26,28H,2,11-16H2,1H3. The van der Waals surface area contributed by atoms with Gasteiger partial charge in [0.15, 0.2) is 5.78 Å². The number of hydrogen-bond acceptors (Lipinski definition) is 4. The third-order valence-corrected chi connectivity index (χ3v) is 5.98. The fraction of sp³-hybridized carbons (Fsp3) is 0.435. The van der Waals surface area contributed by atoms with Gasteiger partial charge in [-0.2, -0.15) is 0 Å². The van der Waals surface area contributed by atoms with E-state index in [0.29, 0.717) is 42.9 Å². The minimum Gasteiger partial charge on any atom is -0.392 e. The van der Waals surface area contributed by atoms with Crippen molar-refractivity contribution in [3.05, 3.63) is 70.2 Å². The normalized spacial score (nSPS) is 18.0. The highest BCUT2D eigenvalue weighted by Crippen LogP contribution is 2.29. The minimum absolute atomic E-state index is 0.0238. The van der Waals surface area contributed by atoms with E-state index in [0.717, 1.165) is 17.5 Å². The van der Waals surface area contributed by atoms with Crippen LogP contribution in [0.5, 0.6) is 0 Å². The molecular formula is C23H28ClNO3. The maximum atomic E-state index is 13.0. The Bertz CT molecular complexity index is 780. The average molecular weight is 402 g/mol. The Morgan fingerprint density at radius 1 is 1.07 bits per heavy atom. The van der Waals surface area contributed by atoms with Gasteiger partial charge in [-0.15, -0.1) is 0 Å². The summed E-state index contributed by atoms with van der Waals surface area (Å²) in [6.07, 6.45) is 2.62. The summed E-state index contributed by atoms with van der Waals surface area (Å²) >= 11 is 5.94. The number of carbonyl (C=O) groups excluding carboxylic acids is 1. The zero-order chi connectivity index (χ0) is 20.1. The number of aliphatic hydroxyl groups excluding tert-OH is 1. The van der Waals surface area contributed by atoms with Crippen molar-refractivity contribution in [2.45, 2.75) is 50.9 Å². The van der Waals surface area contributed by atoms with Gasteiger partial charge in [0.2, 0.25) is 0 Å². The molecule has 1 fully saturated rings. The first kappa shape index (κ1) is 21.0. The summed E-state index contributed by atoms with van der Waals surface area (Å²) in [5.41, 5.74) is 1.81. The first-order chi connectivity index (χ1) is 13.4. The van der Waals surface area contributed by atoms with Gasteiger partial charge in [0.1, 0.15) is 0 Å². The van der Waals surface area contributed by atoms with E-state index in [2.05, 4.69) is 4.90 Å². The number of ketones is 1. The molecule has 0 bridgehead atoms. The highest BCUT2D eigenvalue weighted by molar-refractivity contribution is 6.30. The maximum Gasteiger partial charge on any atom is 0.179 e. The van der Waals surface area contributed by atoms with E-state index in [-0.39, 0.29) is 18.4 Å². The predicted molar refractivity (Wildman–Crippen MR) is 112 cm³/mol.